The van der Waals surface area contributed by atoms with Crippen molar-refractivity contribution in [2.45, 2.75) is 32.9 Å². The molecule has 162 valence electrons. The molecule has 4 aromatic rings. The summed E-state index contributed by atoms with van der Waals surface area (Å²) in [5, 5.41) is 7.31. The van der Waals surface area contributed by atoms with Crippen LogP contribution in [0.4, 0.5) is 11.5 Å². The van der Waals surface area contributed by atoms with Gasteiger partial charge in [-0.05, 0) is 41.7 Å². The lowest BCUT2D eigenvalue weighted by molar-refractivity contribution is -0.117. The van der Waals surface area contributed by atoms with Crippen molar-refractivity contribution in [3.8, 4) is 0 Å². The minimum Gasteiger partial charge on any atom is -0.349 e. The molecule has 32 heavy (non-hydrogen) atoms. The van der Waals surface area contributed by atoms with E-state index in [1.807, 2.05) is 30.3 Å². The Bertz CT molecular complexity index is 1360. The Morgan fingerprint density at radius 3 is 2.81 bits per heavy atom. The molecule has 1 aliphatic rings. The fourth-order valence-electron chi connectivity index (χ4n) is 4.14. The first kappa shape index (κ1) is 20.0. The van der Waals surface area contributed by atoms with Gasteiger partial charge in [-0.1, -0.05) is 43.3 Å². The van der Waals surface area contributed by atoms with E-state index < -0.39 is 0 Å². The van der Waals surface area contributed by atoms with E-state index in [0.29, 0.717) is 23.7 Å². The summed E-state index contributed by atoms with van der Waals surface area (Å²) >= 11 is 0. The molecule has 5 rings (SSSR count). The molecule has 0 unspecified atom stereocenters. The number of fused-ring (bicyclic) bond motifs is 2. The van der Waals surface area contributed by atoms with Crippen molar-refractivity contribution >= 4 is 23.1 Å². The molecule has 8 nitrogen and oxygen atoms in total. The van der Waals surface area contributed by atoms with Crippen molar-refractivity contribution in [3.63, 3.8) is 0 Å². The molecule has 0 aliphatic carbocycles. The maximum absolute atomic E-state index is 12.9. The number of aryl methyl sites for hydroxylation is 1. The quantitative estimate of drug-likeness (QED) is 0.528. The van der Waals surface area contributed by atoms with Gasteiger partial charge in [0.1, 0.15) is 6.54 Å². The van der Waals surface area contributed by atoms with E-state index in [-0.39, 0.29) is 18.1 Å². The molecule has 8 heteroatoms. The number of aromatic nitrogens is 4. The molecule has 1 amide bonds. The van der Waals surface area contributed by atoms with E-state index in [1.54, 1.807) is 12.4 Å². The number of amides is 1. The zero-order valence-electron chi connectivity index (χ0n) is 17.9. The summed E-state index contributed by atoms with van der Waals surface area (Å²) in [6, 6.07) is 16.0. The van der Waals surface area contributed by atoms with Crippen LogP contribution in [0.25, 0.3) is 5.65 Å². The van der Waals surface area contributed by atoms with Gasteiger partial charge in [0.25, 0.3) is 0 Å². The van der Waals surface area contributed by atoms with E-state index in [1.165, 1.54) is 20.2 Å². The predicted octanol–water partition coefficient (Wildman–Crippen LogP) is 2.65. The first-order valence-corrected chi connectivity index (χ1v) is 10.8. The monoisotopic (exact) mass is 428 g/mol. The summed E-state index contributed by atoms with van der Waals surface area (Å²) in [4.78, 5) is 32.1. The number of hydrogen-bond donors (Lipinski definition) is 1. The number of nitrogens with one attached hydrogen (secondary N) is 1. The standard InChI is InChI=1S/C24H24N6O2/c1-2-17-6-5-9-20(14-17)26-21(31)16-30-24(32)29-13-11-25-22(23(29)27-30)28-12-10-18-7-3-4-8-19(18)15-28/h3-9,11,13-14H,2,10,12,15-16H2,1H3,(H,26,31). The van der Waals surface area contributed by atoms with Crippen LogP contribution >= 0.6 is 0 Å². The summed E-state index contributed by atoms with van der Waals surface area (Å²) in [6.45, 7) is 3.39. The largest absolute Gasteiger partial charge is 0.350 e. The fourth-order valence-corrected chi connectivity index (χ4v) is 4.14. The second-order valence-corrected chi connectivity index (χ2v) is 7.93. The van der Waals surface area contributed by atoms with Crippen molar-refractivity contribution in [1.29, 1.82) is 0 Å². The molecular formula is C24H24N6O2. The van der Waals surface area contributed by atoms with Gasteiger partial charge in [-0.15, -0.1) is 5.10 Å². The number of rotatable bonds is 5. The van der Waals surface area contributed by atoms with E-state index >= 15 is 0 Å². The third kappa shape index (κ3) is 3.75. The second kappa shape index (κ2) is 8.30. The third-order valence-corrected chi connectivity index (χ3v) is 5.83. The highest BCUT2D eigenvalue weighted by Gasteiger charge is 2.22. The molecule has 2 aromatic carbocycles. The summed E-state index contributed by atoms with van der Waals surface area (Å²) < 4.78 is 2.64. The van der Waals surface area contributed by atoms with Crippen LogP contribution in [0.3, 0.4) is 0 Å². The van der Waals surface area contributed by atoms with Gasteiger partial charge in [-0.3, -0.25) is 4.79 Å². The highest BCUT2D eigenvalue weighted by molar-refractivity contribution is 5.90. The number of nitrogens with zero attached hydrogens (tertiary/aromatic N) is 5. The van der Waals surface area contributed by atoms with Gasteiger partial charge < -0.3 is 10.2 Å². The molecule has 0 radical (unpaired) electrons. The molecule has 0 fully saturated rings. The van der Waals surface area contributed by atoms with Crippen molar-refractivity contribution in [1.82, 2.24) is 19.2 Å². The van der Waals surface area contributed by atoms with Crippen LogP contribution < -0.4 is 15.9 Å². The minimum absolute atomic E-state index is 0.168. The van der Waals surface area contributed by atoms with E-state index in [0.717, 1.165) is 24.9 Å². The van der Waals surface area contributed by atoms with Gasteiger partial charge in [0.15, 0.2) is 5.82 Å². The second-order valence-electron chi connectivity index (χ2n) is 7.93. The van der Waals surface area contributed by atoms with Crippen molar-refractivity contribution in [2.75, 3.05) is 16.8 Å². The zero-order chi connectivity index (χ0) is 22.1. The SMILES string of the molecule is CCc1cccc(NC(=O)Cn2nc3c(N4CCc5ccccc5C4)nccn3c2=O)c1. The number of hydrogen-bond acceptors (Lipinski definition) is 5. The number of carbonyl (C=O) groups excluding carboxylic acids is 1. The smallest absolute Gasteiger partial charge is 0.349 e. The maximum Gasteiger partial charge on any atom is 0.350 e. The van der Waals surface area contributed by atoms with Gasteiger partial charge in [-0.2, -0.15) is 0 Å². The van der Waals surface area contributed by atoms with Gasteiger partial charge in [0, 0.05) is 31.2 Å². The normalized spacial score (nSPS) is 13.2. The third-order valence-electron chi connectivity index (χ3n) is 5.83. The lowest BCUT2D eigenvalue weighted by Crippen LogP contribution is -2.31. The lowest BCUT2D eigenvalue weighted by atomic mass is 10.00. The molecular weight excluding hydrogens is 404 g/mol. The van der Waals surface area contributed by atoms with Crippen molar-refractivity contribution in [2.24, 2.45) is 0 Å². The van der Waals surface area contributed by atoms with Gasteiger partial charge in [0.05, 0.1) is 0 Å². The Hall–Kier alpha value is -3.94. The predicted molar refractivity (Wildman–Crippen MR) is 123 cm³/mol. The Morgan fingerprint density at radius 2 is 1.97 bits per heavy atom. The maximum atomic E-state index is 12.9. The molecule has 1 N–H and O–H groups in total. The van der Waals surface area contributed by atoms with Crippen LogP contribution in [0, 0.1) is 0 Å². The molecule has 3 heterocycles. The van der Waals surface area contributed by atoms with Crippen LogP contribution in [0.2, 0.25) is 0 Å². The highest BCUT2D eigenvalue weighted by Crippen LogP contribution is 2.24. The first-order valence-electron chi connectivity index (χ1n) is 10.8. The summed E-state index contributed by atoms with van der Waals surface area (Å²) in [7, 11) is 0. The molecule has 0 spiro atoms. The number of anilines is 2. The highest BCUT2D eigenvalue weighted by atomic mass is 16.2. The van der Waals surface area contributed by atoms with Crippen LogP contribution in [-0.2, 0) is 30.7 Å². The Morgan fingerprint density at radius 1 is 1.12 bits per heavy atom. The summed E-state index contributed by atoms with van der Waals surface area (Å²) in [5.41, 5.74) is 4.52. The van der Waals surface area contributed by atoms with E-state index in [4.69, 9.17) is 0 Å². The van der Waals surface area contributed by atoms with E-state index in [9.17, 15) is 9.59 Å². The van der Waals surface area contributed by atoms with Crippen LogP contribution in [0.15, 0.2) is 65.7 Å². The average molecular weight is 428 g/mol. The van der Waals surface area contributed by atoms with Crippen LogP contribution in [0.1, 0.15) is 23.6 Å². The van der Waals surface area contributed by atoms with Gasteiger partial charge in [-0.25, -0.2) is 18.9 Å². The first-order chi connectivity index (χ1) is 15.6. The van der Waals surface area contributed by atoms with Gasteiger partial charge >= 0.3 is 5.69 Å². The topological polar surface area (TPSA) is 84.5 Å². The van der Waals surface area contributed by atoms with Gasteiger partial charge in [0.2, 0.25) is 11.6 Å². The van der Waals surface area contributed by atoms with Crippen molar-refractivity contribution in [3.05, 3.63) is 88.1 Å². The average Bonchev–Trinajstić information content (AvgIpc) is 3.14. The molecule has 0 saturated heterocycles. The summed E-state index contributed by atoms with van der Waals surface area (Å²) in [5.74, 6) is 0.346. The Balaban J connectivity index is 1.40. The zero-order valence-corrected chi connectivity index (χ0v) is 17.9. The summed E-state index contributed by atoms with van der Waals surface area (Å²) in [6.07, 6.45) is 4.98. The Kier molecular flexibility index (Phi) is 5.18. The number of benzene rings is 2. The van der Waals surface area contributed by atoms with Crippen LogP contribution in [-0.4, -0.2) is 31.6 Å². The molecule has 0 bridgehead atoms. The molecule has 0 saturated carbocycles. The Labute approximate surface area is 185 Å². The minimum atomic E-state index is -0.362. The van der Waals surface area contributed by atoms with Crippen LogP contribution in [0.5, 0.6) is 0 Å². The molecule has 1 aliphatic heterocycles. The number of carbonyl (C=O) groups is 1. The lowest BCUT2D eigenvalue weighted by Gasteiger charge is -2.29. The van der Waals surface area contributed by atoms with E-state index in [2.05, 4.69) is 45.4 Å². The fraction of sp³-hybridized carbons (Fsp3) is 0.250. The molecule has 2 aromatic heterocycles. The van der Waals surface area contributed by atoms with Crippen molar-refractivity contribution < 1.29 is 4.79 Å². The molecule has 0 atom stereocenters.